The minimum absolute atomic E-state index is 0.0127. The zero-order valence-electron chi connectivity index (χ0n) is 30.0. The number of fused-ring (bicyclic) bond motifs is 2. The van der Waals surface area contributed by atoms with E-state index in [-0.39, 0.29) is 23.3 Å². The van der Waals surface area contributed by atoms with Gasteiger partial charge in [0.2, 0.25) is 0 Å². The number of methoxy groups -OCH3 is 2. The first-order chi connectivity index (χ1) is 24.1. The zero-order valence-corrected chi connectivity index (χ0v) is 32.4. The van der Waals surface area contributed by atoms with Crippen molar-refractivity contribution in [1.29, 1.82) is 0 Å². The molecule has 1 N–H and O–H groups in total. The van der Waals surface area contributed by atoms with Gasteiger partial charge in [0.1, 0.15) is 6.61 Å². The van der Waals surface area contributed by atoms with Crippen LogP contribution in [-0.4, -0.2) is 94.7 Å². The molecule has 0 aromatic heterocycles. The van der Waals surface area contributed by atoms with E-state index in [0.717, 1.165) is 41.1 Å². The molecule has 0 saturated carbocycles. The van der Waals surface area contributed by atoms with E-state index in [0.29, 0.717) is 74.8 Å². The molecule has 0 saturated heterocycles. The van der Waals surface area contributed by atoms with Crippen molar-refractivity contribution in [2.75, 3.05) is 83.4 Å². The van der Waals surface area contributed by atoms with Gasteiger partial charge in [-0.3, -0.25) is 4.79 Å². The Morgan fingerprint density at radius 2 is 1.82 bits per heavy atom. The number of carbonyl (C=O) groups is 1. The minimum atomic E-state index is -0.0990. The van der Waals surface area contributed by atoms with Gasteiger partial charge in [-0.05, 0) is 80.5 Å². The number of nitrogens with zero attached hydrogens (tertiary/aromatic N) is 2. The van der Waals surface area contributed by atoms with Crippen molar-refractivity contribution in [3.05, 3.63) is 70.4 Å². The molecule has 0 fully saturated rings. The number of allylic oxidation sites excluding steroid dienone is 2. The van der Waals surface area contributed by atoms with Gasteiger partial charge < -0.3 is 38.8 Å². The Kier molecular flexibility index (Phi) is 15.6. The van der Waals surface area contributed by atoms with Crippen molar-refractivity contribution in [3.63, 3.8) is 0 Å². The van der Waals surface area contributed by atoms with Crippen molar-refractivity contribution in [1.82, 2.24) is 4.90 Å². The van der Waals surface area contributed by atoms with E-state index < -0.39 is 0 Å². The molecule has 0 unspecified atom stereocenters. The quantitative estimate of drug-likeness (QED) is 0.0642. The van der Waals surface area contributed by atoms with Gasteiger partial charge in [0.05, 0.1) is 57.4 Å². The van der Waals surface area contributed by atoms with Crippen LogP contribution in [0.15, 0.2) is 53.8 Å². The van der Waals surface area contributed by atoms with Crippen molar-refractivity contribution < 1.29 is 28.5 Å². The Morgan fingerprint density at radius 1 is 1.08 bits per heavy atom. The summed E-state index contributed by atoms with van der Waals surface area (Å²) in [4.78, 5) is 18.1. The van der Waals surface area contributed by atoms with Gasteiger partial charge in [-0.1, -0.05) is 33.6 Å². The Hall–Kier alpha value is -2.98. The highest BCUT2D eigenvalue weighted by molar-refractivity contribution is 8.77. The number of halogens is 1. The van der Waals surface area contributed by atoms with E-state index in [9.17, 15) is 4.79 Å². The van der Waals surface area contributed by atoms with Crippen molar-refractivity contribution in [2.45, 2.75) is 50.5 Å². The van der Waals surface area contributed by atoms with Crippen molar-refractivity contribution >= 4 is 50.5 Å². The van der Waals surface area contributed by atoms with Crippen LogP contribution in [0.25, 0.3) is 0 Å². The Morgan fingerprint density at radius 3 is 2.52 bits per heavy atom. The molecule has 0 bridgehead atoms. The second kappa shape index (κ2) is 19.6. The third-order valence-electron chi connectivity index (χ3n) is 8.36. The molecule has 272 valence electrons. The van der Waals surface area contributed by atoms with Crippen LogP contribution in [-0.2, 0) is 26.7 Å². The number of anilines is 2. The largest absolute Gasteiger partial charge is 0.493 e. The van der Waals surface area contributed by atoms with Crippen molar-refractivity contribution in [3.8, 4) is 23.8 Å². The van der Waals surface area contributed by atoms with Crippen LogP contribution < -0.4 is 19.7 Å². The summed E-state index contributed by atoms with van der Waals surface area (Å²) >= 11 is 6.42. The zero-order chi connectivity index (χ0) is 36.1. The monoisotopic (exact) mass is 743 g/mol. The molecule has 0 aliphatic carbocycles. The van der Waals surface area contributed by atoms with Crippen LogP contribution >= 0.6 is 33.2 Å². The topological polar surface area (TPSA) is 81.7 Å². The molecule has 12 heteroatoms. The second-order valence-electron chi connectivity index (χ2n) is 12.7. The van der Waals surface area contributed by atoms with Gasteiger partial charge in [-0.15, -0.1) is 18.0 Å². The number of hydrogen-bond acceptors (Lipinski definition) is 10. The highest BCUT2D eigenvalue weighted by Crippen LogP contribution is 2.40. The fourth-order valence-electron chi connectivity index (χ4n) is 6.15. The summed E-state index contributed by atoms with van der Waals surface area (Å²) in [6.07, 6.45) is 11.8. The second-order valence-corrected chi connectivity index (χ2v) is 16.1. The summed E-state index contributed by atoms with van der Waals surface area (Å²) in [5, 5.41) is 3.49. The normalized spacial score (nSPS) is 15.8. The number of hydrogen-bond donors (Lipinski definition) is 1. The fourth-order valence-corrected chi connectivity index (χ4v) is 8.48. The molecule has 4 rings (SSSR count). The van der Waals surface area contributed by atoms with Gasteiger partial charge in [0.25, 0.3) is 5.91 Å². The van der Waals surface area contributed by atoms with E-state index >= 15 is 0 Å². The SMILES string of the molecule is C#C/C=C\C1=C(C)C[C@H]2CNc3cc(OCc4cc(CCl)cc(N(CCOCCOCCOC)CC(C)(C)SSC)c4)c(OC)cc3C(=O)N12. The summed E-state index contributed by atoms with van der Waals surface area (Å²) < 4.78 is 28.7. The molecule has 0 radical (unpaired) electrons. The van der Waals surface area contributed by atoms with Crippen LogP contribution in [0.1, 0.15) is 48.7 Å². The lowest BCUT2D eigenvalue weighted by molar-refractivity contribution is 0.0264. The van der Waals surface area contributed by atoms with Gasteiger partial charge in [0.15, 0.2) is 11.5 Å². The molecule has 1 amide bonds. The molecule has 1 atom stereocenters. The smallest absolute Gasteiger partial charge is 0.260 e. The van der Waals surface area contributed by atoms with Crippen LogP contribution in [0.2, 0.25) is 0 Å². The molecule has 2 aliphatic heterocycles. The maximum atomic E-state index is 13.9. The predicted molar refractivity (Wildman–Crippen MR) is 208 cm³/mol. The standard InChI is InChI=1S/C38H50ClN3O6S2/c1-8-9-10-34-27(2)17-31-24-40-33-22-36(35(45-6)21-32(33)37(43)42(31)34)48-25-29-18-28(23-39)19-30(20-29)41(26-38(3,4)50-49-7)11-12-46-15-16-47-14-13-44-5/h1,9-10,18-22,31,40H,11-17,23-26H2,2-7H3/b10-9-/t31-/m0/s1. The lowest BCUT2D eigenvalue weighted by Crippen LogP contribution is -2.38. The highest BCUT2D eigenvalue weighted by Gasteiger charge is 2.37. The van der Waals surface area contributed by atoms with Crippen LogP contribution in [0.3, 0.4) is 0 Å². The summed E-state index contributed by atoms with van der Waals surface area (Å²) in [6.45, 7) is 11.7. The maximum Gasteiger partial charge on any atom is 0.260 e. The third-order valence-corrected chi connectivity index (χ3v) is 11.3. The molecule has 2 heterocycles. The highest BCUT2D eigenvalue weighted by atomic mass is 35.5. The van der Waals surface area contributed by atoms with E-state index in [1.807, 2.05) is 34.8 Å². The number of rotatable bonds is 20. The van der Waals surface area contributed by atoms with Crippen LogP contribution in [0.4, 0.5) is 11.4 Å². The Labute approximate surface area is 310 Å². The van der Waals surface area contributed by atoms with Crippen LogP contribution in [0, 0.1) is 12.3 Å². The summed E-state index contributed by atoms with van der Waals surface area (Å²) in [5.41, 5.74) is 6.23. The first-order valence-corrected chi connectivity index (χ1v) is 19.8. The number of terminal acetylenes is 1. The molecule has 2 aliphatic rings. The number of benzene rings is 2. The molecular formula is C38H50ClN3O6S2. The van der Waals surface area contributed by atoms with Gasteiger partial charge in [-0.2, -0.15) is 0 Å². The number of amides is 1. The number of alkyl halides is 1. The van der Waals surface area contributed by atoms with Gasteiger partial charge in [-0.25, -0.2) is 0 Å². The molecule has 2 aromatic carbocycles. The number of nitrogens with one attached hydrogen (secondary N) is 1. The van der Waals surface area contributed by atoms with E-state index in [1.54, 1.807) is 37.2 Å². The first-order valence-electron chi connectivity index (χ1n) is 16.7. The number of ether oxygens (including phenoxy) is 5. The summed E-state index contributed by atoms with van der Waals surface area (Å²) in [6, 6.07) is 9.96. The lowest BCUT2D eigenvalue weighted by Gasteiger charge is -2.34. The minimum Gasteiger partial charge on any atom is -0.493 e. The molecule has 9 nitrogen and oxygen atoms in total. The van der Waals surface area contributed by atoms with Gasteiger partial charge >= 0.3 is 0 Å². The number of carbonyl (C=O) groups excluding carboxylic acids is 1. The van der Waals surface area contributed by atoms with E-state index in [4.69, 9.17) is 41.7 Å². The maximum absolute atomic E-state index is 13.9. The van der Waals surface area contributed by atoms with Crippen LogP contribution in [0.5, 0.6) is 11.5 Å². The molecule has 0 spiro atoms. The Balaban J connectivity index is 1.53. The van der Waals surface area contributed by atoms with E-state index in [1.165, 1.54) is 0 Å². The fraction of sp³-hybridized carbons (Fsp3) is 0.500. The van der Waals surface area contributed by atoms with Crippen molar-refractivity contribution in [2.24, 2.45) is 0 Å². The summed E-state index contributed by atoms with van der Waals surface area (Å²) in [5.74, 6) is 3.83. The predicted octanol–water partition coefficient (Wildman–Crippen LogP) is 7.39. The first kappa shape index (κ1) is 39.8. The summed E-state index contributed by atoms with van der Waals surface area (Å²) in [7, 11) is 6.86. The Bertz CT molecular complexity index is 1560. The van der Waals surface area contributed by atoms with E-state index in [2.05, 4.69) is 54.4 Å². The average Bonchev–Trinajstić information content (AvgIpc) is 3.36. The lowest BCUT2D eigenvalue weighted by atomic mass is 10.1. The third kappa shape index (κ3) is 10.8. The molecule has 50 heavy (non-hydrogen) atoms. The molecule has 2 aromatic rings. The average molecular weight is 744 g/mol. The van der Waals surface area contributed by atoms with Gasteiger partial charge in [0, 0.05) is 54.8 Å². The molecular weight excluding hydrogens is 694 g/mol.